The maximum Gasteiger partial charge on any atom is 0.128 e. The lowest BCUT2D eigenvalue weighted by molar-refractivity contribution is 0.0408. The van der Waals surface area contributed by atoms with Crippen molar-refractivity contribution in [1.29, 1.82) is 0 Å². The van der Waals surface area contributed by atoms with Gasteiger partial charge in [0.05, 0.1) is 0 Å². The lowest BCUT2D eigenvalue weighted by Gasteiger charge is -2.38. The fourth-order valence-corrected chi connectivity index (χ4v) is 6.54. The number of nitrogens with zero attached hydrogens (tertiary/aromatic N) is 1. The van der Waals surface area contributed by atoms with Gasteiger partial charge in [0.15, 0.2) is 0 Å². The number of rotatable bonds is 6. The summed E-state index contributed by atoms with van der Waals surface area (Å²) in [6.07, 6.45) is 3.70. The second kappa shape index (κ2) is 8.89. The Labute approximate surface area is 193 Å². The van der Waals surface area contributed by atoms with Crippen molar-refractivity contribution in [2.75, 3.05) is 19.7 Å². The maximum atomic E-state index is 10.7. The number of aromatic amines is 1. The maximum absolute atomic E-state index is 10.7. The quantitative estimate of drug-likeness (QED) is 0.380. The van der Waals surface area contributed by atoms with Crippen LogP contribution < -0.4 is 4.74 Å². The van der Waals surface area contributed by atoms with Crippen molar-refractivity contribution < 1.29 is 9.84 Å². The molecule has 4 nitrogen and oxygen atoms in total. The predicted molar refractivity (Wildman–Crippen MR) is 134 cm³/mol. The minimum absolute atomic E-state index is 0.311. The lowest BCUT2D eigenvalue weighted by Crippen LogP contribution is -2.45. The Morgan fingerprint density at radius 1 is 1.19 bits per heavy atom. The van der Waals surface area contributed by atoms with Crippen LogP contribution in [0.15, 0.2) is 48.7 Å². The minimum Gasteiger partial charge on any atom is -0.490 e. The van der Waals surface area contributed by atoms with Crippen LogP contribution in [-0.4, -0.2) is 46.8 Å². The summed E-state index contributed by atoms with van der Waals surface area (Å²) in [5.41, 5.74) is 3.78. The number of likely N-dealkylation sites (tertiary alicyclic amines) is 1. The van der Waals surface area contributed by atoms with E-state index in [0.29, 0.717) is 25.1 Å². The smallest absolute Gasteiger partial charge is 0.128 e. The number of ether oxygens (including phenoxy) is 1. The summed E-state index contributed by atoms with van der Waals surface area (Å²) in [5.74, 6) is 1.43. The summed E-state index contributed by atoms with van der Waals surface area (Å²) in [4.78, 5) is 7.14. The number of thiophene rings is 1. The second-order valence-electron chi connectivity index (χ2n) is 9.37. The molecule has 2 aromatic heterocycles. The molecular formula is C27H32N2O2S. The molecule has 1 saturated heterocycles. The van der Waals surface area contributed by atoms with Gasteiger partial charge in [-0.2, -0.15) is 0 Å². The molecule has 1 aliphatic heterocycles. The largest absolute Gasteiger partial charge is 0.490 e. The van der Waals surface area contributed by atoms with Crippen LogP contribution in [0.5, 0.6) is 5.75 Å². The Bertz CT molecular complexity index is 1230. The van der Waals surface area contributed by atoms with Gasteiger partial charge in [0, 0.05) is 39.3 Å². The summed E-state index contributed by atoms with van der Waals surface area (Å²) in [5, 5.41) is 13.1. The van der Waals surface area contributed by atoms with Gasteiger partial charge in [-0.15, -0.1) is 11.3 Å². The molecule has 0 spiro atoms. The summed E-state index contributed by atoms with van der Waals surface area (Å²) in [6, 6.07) is 15.5. The number of β-amino-alcohol motifs (C(OH)–C–C–N with tert-alkyl or cyclic N) is 1. The number of aromatic nitrogens is 1. The third kappa shape index (κ3) is 4.29. The first-order chi connectivity index (χ1) is 15.5. The van der Waals surface area contributed by atoms with Crippen molar-refractivity contribution in [2.45, 2.75) is 51.7 Å². The number of aryl methyl sites for hydroxylation is 2. The molecule has 0 unspecified atom stereocenters. The molecular weight excluding hydrogens is 416 g/mol. The molecule has 2 aromatic carbocycles. The van der Waals surface area contributed by atoms with Crippen molar-refractivity contribution in [3.8, 4) is 5.75 Å². The van der Waals surface area contributed by atoms with Crippen molar-refractivity contribution in [3.05, 3.63) is 64.7 Å². The molecule has 2 N–H and O–H groups in total. The third-order valence-electron chi connectivity index (χ3n) is 6.86. The first-order valence-electron chi connectivity index (χ1n) is 11.6. The van der Waals surface area contributed by atoms with Crippen LogP contribution in [0.1, 0.15) is 41.7 Å². The zero-order valence-corrected chi connectivity index (χ0v) is 19.9. The van der Waals surface area contributed by atoms with Gasteiger partial charge in [-0.1, -0.05) is 12.1 Å². The first-order valence-corrected chi connectivity index (χ1v) is 12.4. The van der Waals surface area contributed by atoms with Crippen LogP contribution >= 0.6 is 11.3 Å². The Morgan fingerprint density at radius 2 is 2.06 bits per heavy atom. The van der Waals surface area contributed by atoms with Gasteiger partial charge in [0.1, 0.15) is 18.5 Å². The highest BCUT2D eigenvalue weighted by Gasteiger charge is 2.29. The van der Waals surface area contributed by atoms with E-state index in [1.807, 2.05) is 41.8 Å². The molecule has 32 heavy (non-hydrogen) atoms. The number of aliphatic hydroxyl groups excluding tert-OH is 1. The van der Waals surface area contributed by atoms with Gasteiger partial charge in [0.25, 0.3) is 0 Å². The molecule has 5 heteroatoms. The number of piperidine rings is 1. The van der Waals surface area contributed by atoms with Crippen molar-refractivity contribution in [3.63, 3.8) is 0 Å². The van der Waals surface area contributed by atoms with E-state index in [0.717, 1.165) is 36.0 Å². The van der Waals surface area contributed by atoms with E-state index >= 15 is 0 Å². The molecule has 1 fully saturated rings. The van der Waals surface area contributed by atoms with Gasteiger partial charge in [-0.25, -0.2) is 0 Å². The summed E-state index contributed by atoms with van der Waals surface area (Å²) < 4.78 is 7.38. The second-order valence-corrected chi connectivity index (χ2v) is 10.5. The zero-order chi connectivity index (χ0) is 22.2. The van der Waals surface area contributed by atoms with E-state index in [4.69, 9.17) is 4.74 Å². The number of hydrogen-bond donors (Lipinski definition) is 2. The molecule has 3 atom stereocenters. The molecule has 0 saturated carbocycles. The normalized spacial score (nSPS) is 20.8. The average molecular weight is 449 g/mol. The third-order valence-corrected chi connectivity index (χ3v) is 8.10. The fraction of sp³-hybridized carbons (Fsp3) is 0.407. The lowest BCUT2D eigenvalue weighted by atomic mass is 9.89. The summed E-state index contributed by atoms with van der Waals surface area (Å²) in [6.45, 7) is 8.68. The van der Waals surface area contributed by atoms with Crippen molar-refractivity contribution in [1.82, 2.24) is 9.88 Å². The van der Waals surface area contributed by atoms with E-state index in [9.17, 15) is 5.11 Å². The SMILES string of the molecule is Cc1cc(C)c2cc([C@H]3CCN(C[C@H](O)COc4cccc5[nH]ccc45)[C@H](C)C3)sc2c1. The van der Waals surface area contributed by atoms with Crippen LogP contribution in [0.2, 0.25) is 0 Å². The molecule has 4 aromatic rings. The number of nitrogens with one attached hydrogen (secondary N) is 1. The minimum atomic E-state index is -0.502. The molecule has 1 aliphatic rings. The Morgan fingerprint density at radius 3 is 2.91 bits per heavy atom. The summed E-state index contributed by atoms with van der Waals surface area (Å²) >= 11 is 1.97. The van der Waals surface area contributed by atoms with Gasteiger partial charge in [0.2, 0.25) is 0 Å². The Hall–Kier alpha value is -2.34. The van der Waals surface area contributed by atoms with Gasteiger partial charge >= 0.3 is 0 Å². The van der Waals surface area contributed by atoms with Gasteiger partial charge < -0.3 is 14.8 Å². The molecule has 3 heterocycles. The molecule has 168 valence electrons. The number of fused-ring (bicyclic) bond motifs is 2. The molecule has 0 radical (unpaired) electrons. The monoisotopic (exact) mass is 448 g/mol. The van der Waals surface area contributed by atoms with Gasteiger partial charge in [-0.05, 0) is 92.9 Å². The van der Waals surface area contributed by atoms with E-state index in [2.05, 4.69) is 48.9 Å². The number of benzene rings is 2. The standard InChI is InChI=1S/C27H32N2O2S/c1-17-11-18(2)23-14-26(32-27(23)12-17)20-8-10-29(19(3)13-20)15-21(30)16-31-25-6-4-5-24-22(25)7-9-28-24/h4-7,9,11-12,14,19-21,28,30H,8,10,13,15-16H2,1-3H3/t19-,20+,21+/m1/s1. The zero-order valence-electron chi connectivity index (χ0n) is 19.1. The highest BCUT2D eigenvalue weighted by atomic mass is 32.1. The highest BCUT2D eigenvalue weighted by Crippen LogP contribution is 2.39. The molecule has 5 rings (SSSR count). The molecule has 0 aliphatic carbocycles. The fourth-order valence-electron chi connectivity index (χ4n) is 5.15. The van der Waals surface area contributed by atoms with E-state index in [1.165, 1.54) is 26.1 Å². The first kappa shape index (κ1) is 21.5. The number of H-pyrrole nitrogens is 1. The van der Waals surface area contributed by atoms with E-state index in [-0.39, 0.29) is 0 Å². The Kier molecular flexibility index (Phi) is 5.97. The van der Waals surface area contributed by atoms with Crippen LogP contribution in [0.4, 0.5) is 0 Å². The summed E-state index contributed by atoms with van der Waals surface area (Å²) in [7, 11) is 0. The van der Waals surface area contributed by atoms with E-state index in [1.54, 1.807) is 0 Å². The van der Waals surface area contributed by atoms with Gasteiger partial charge in [-0.3, -0.25) is 4.90 Å². The van der Waals surface area contributed by atoms with Crippen LogP contribution in [-0.2, 0) is 0 Å². The predicted octanol–water partition coefficient (Wildman–Crippen LogP) is 6.01. The van der Waals surface area contributed by atoms with Crippen LogP contribution in [0.3, 0.4) is 0 Å². The van der Waals surface area contributed by atoms with Crippen molar-refractivity contribution >= 4 is 32.3 Å². The number of aliphatic hydroxyl groups is 1. The van der Waals surface area contributed by atoms with Crippen molar-refractivity contribution in [2.24, 2.45) is 0 Å². The highest BCUT2D eigenvalue weighted by molar-refractivity contribution is 7.19. The van der Waals surface area contributed by atoms with E-state index < -0.39 is 6.10 Å². The average Bonchev–Trinajstić information content (AvgIpc) is 3.41. The number of hydrogen-bond acceptors (Lipinski definition) is 4. The molecule has 0 amide bonds. The van der Waals surface area contributed by atoms with Crippen LogP contribution in [0.25, 0.3) is 21.0 Å². The topological polar surface area (TPSA) is 48.5 Å². The Balaban J connectivity index is 1.18. The van der Waals surface area contributed by atoms with Crippen LogP contribution in [0, 0.1) is 13.8 Å². The molecule has 0 bridgehead atoms.